The van der Waals surface area contributed by atoms with Crippen molar-refractivity contribution < 1.29 is 33.7 Å². The van der Waals surface area contributed by atoms with Crippen molar-refractivity contribution >= 4 is 45.6 Å². The van der Waals surface area contributed by atoms with E-state index >= 15 is 0 Å². The van der Waals surface area contributed by atoms with Crippen LogP contribution >= 0.6 is 11.3 Å². The molecular formula is C21H21N3O9S. The minimum Gasteiger partial charge on any atom is -0.462 e. The first kappa shape index (κ1) is 24.8. The normalized spacial score (nSPS) is 12.4. The number of nitrogens with zero attached hydrogens (tertiary/aromatic N) is 2. The number of anilines is 1. The van der Waals surface area contributed by atoms with Crippen molar-refractivity contribution in [2.45, 2.75) is 39.5 Å². The SMILES string of the molecule is CCOC(=O)c1c(NC(=O)COC(=O)c2cc([N+](=O)[O-])c(C)c([N+](=O)[O-])c2)sc2c1CCCC2. The molecule has 1 aliphatic carbocycles. The number of fused-ring (bicyclic) bond motifs is 1. The van der Waals surface area contributed by atoms with E-state index in [4.69, 9.17) is 9.47 Å². The van der Waals surface area contributed by atoms with Crippen molar-refractivity contribution in [2.24, 2.45) is 0 Å². The summed E-state index contributed by atoms with van der Waals surface area (Å²) in [5.74, 6) is -2.43. The van der Waals surface area contributed by atoms with Gasteiger partial charge in [0.2, 0.25) is 0 Å². The Morgan fingerprint density at radius 3 is 2.24 bits per heavy atom. The predicted octanol–water partition coefficient (Wildman–Crippen LogP) is 3.72. The highest BCUT2D eigenvalue weighted by Crippen LogP contribution is 2.38. The van der Waals surface area contributed by atoms with Crippen LogP contribution in [0.4, 0.5) is 16.4 Å². The largest absolute Gasteiger partial charge is 0.462 e. The molecular weight excluding hydrogens is 470 g/mol. The Kier molecular flexibility index (Phi) is 7.56. The van der Waals surface area contributed by atoms with E-state index in [0.29, 0.717) is 17.0 Å². The molecule has 0 unspecified atom stereocenters. The Hall–Kier alpha value is -3.87. The minimum atomic E-state index is -1.14. The van der Waals surface area contributed by atoms with Crippen LogP contribution in [0.5, 0.6) is 0 Å². The first-order valence-corrected chi connectivity index (χ1v) is 11.2. The van der Waals surface area contributed by atoms with E-state index in [0.717, 1.165) is 41.8 Å². The Labute approximate surface area is 197 Å². The first-order chi connectivity index (χ1) is 16.1. The van der Waals surface area contributed by atoms with Crippen LogP contribution in [0.25, 0.3) is 0 Å². The zero-order valence-electron chi connectivity index (χ0n) is 18.4. The molecule has 13 heteroatoms. The highest BCUT2D eigenvalue weighted by atomic mass is 32.1. The maximum absolute atomic E-state index is 12.5. The predicted molar refractivity (Wildman–Crippen MR) is 120 cm³/mol. The molecule has 0 spiro atoms. The monoisotopic (exact) mass is 491 g/mol. The fraction of sp³-hybridized carbons (Fsp3) is 0.381. The van der Waals surface area contributed by atoms with E-state index in [1.165, 1.54) is 18.3 Å². The second-order valence-corrected chi connectivity index (χ2v) is 8.52. The van der Waals surface area contributed by atoms with Gasteiger partial charge in [-0.1, -0.05) is 0 Å². The number of carbonyl (C=O) groups excluding carboxylic acids is 3. The maximum Gasteiger partial charge on any atom is 0.341 e. The quantitative estimate of drug-likeness (QED) is 0.328. The van der Waals surface area contributed by atoms with Crippen LogP contribution in [0, 0.1) is 27.2 Å². The van der Waals surface area contributed by atoms with Crippen molar-refractivity contribution in [3.05, 3.63) is 59.5 Å². The number of hydrogen-bond acceptors (Lipinski definition) is 10. The molecule has 1 heterocycles. The lowest BCUT2D eigenvalue weighted by Gasteiger charge is -2.12. The second kappa shape index (κ2) is 10.4. The zero-order chi connectivity index (χ0) is 25.0. The van der Waals surface area contributed by atoms with Gasteiger partial charge in [0.15, 0.2) is 6.61 Å². The molecule has 0 saturated heterocycles. The molecule has 0 bridgehead atoms. The summed E-state index contributed by atoms with van der Waals surface area (Å²) in [4.78, 5) is 59.0. The van der Waals surface area contributed by atoms with Gasteiger partial charge in [-0.3, -0.25) is 25.0 Å². The summed E-state index contributed by atoms with van der Waals surface area (Å²) in [7, 11) is 0. The standard InChI is InChI=1S/C21H21N3O9S/c1-3-32-21(27)18-13-6-4-5-7-16(13)34-19(18)22-17(25)10-33-20(26)12-8-14(23(28)29)11(2)15(9-12)24(30)31/h8-9H,3-7,10H2,1-2H3,(H,22,25). The number of amides is 1. The van der Waals surface area contributed by atoms with Crippen LogP contribution in [0.3, 0.4) is 0 Å². The van der Waals surface area contributed by atoms with Gasteiger partial charge in [0, 0.05) is 17.0 Å². The highest BCUT2D eigenvalue weighted by Gasteiger charge is 2.28. The van der Waals surface area contributed by atoms with E-state index in [1.807, 2.05) is 0 Å². The van der Waals surface area contributed by atoms with Crippen LogP contribution in [0.1, 0.15) is 56.5 Å². The molecule has 1 N–H and O–H groups in total. The number of ether oxygens (including phenoxy) is 2. The average molecular weight is 491 g/mol. The number of benzene rings is 1. The van der Waals surface area contributed by atoms with Gasteiger partial charge in [-0.05, 0) is 45.1 Å². The lowest BCUT2D eigenvalue weighted by atomic mass is 9.95. The lowest BCUT2D eigenvalue weighted by molar-refractivity contribution is -0.395. The number of rotatable bonds is 8. The number of nitrogens with one attached hydrogen (secondary N) is 1. The van der Waals surface area contributed by atoms with Gasteiger partial charge >= 0.3 is 11.9 Å². The molecule has 1 amide bonds. The van der Waals surface area contributed by atoms with Crippen LogP contribution < -0.4 is 5.32 Å². The zero-order valence-corrected chi connectivity index (χ0v) is 19.2. The van der Waals surface area contributed by atoms with Gasteiger partial charge < -0.3 is 14.8 Å². The Morgan fingerprint density at radius 2 is 1.65 bits per heavy atom. The lowest BCUT2D eigenvalue weighted by Crippen LogP contribution is -2.22. The number of esters is 2. The van der Waals surface area contributed by atoms with Crippen LogP contribution in [0.2, 0.25) is 0 Å². The Morgan fingerprint density at radius 1 is 1.03 bits per heavy atom. The Bertz CT molecular complexity index is 1150. The number of hydrogen-bond donors (Lipinski definition) is 1. The third kappa shape index (κ3) is 5.20. The van der Waals surface area contributed by atoms with Crippen molar-refractivity contribution in [3.63, 3.8) is 0 Å². The summed E-state index contributed by atoms with van der Waals surface area (Å²) in [5.41, 5.74) is -0.733. The van der Waals surface area contributed by atoms with Crippen molar-refractivity contribution in [1.82, 2.24) is 0 Å². The molecule has 2 aromatic rings. The summed E-state index contributed by atoms with van der Waals surface area (Å²) >= 11 is 1.26. The summed E-state index contributed by atoms with van der Waals surface area (Å²) in [6, 6.07) is 1.71. The molecule has 1 aliphatic rings. The van der Waals surface area contributed by atoms with Crippen molar-refractivity contribution in [3.8, 4) is 0 Å². The third-order valence-electron chi connectivity index (χ3n) is 5.22. The van der Waals surface area contributed by atoms with Gasteiger partial charge in [-0.2, -0.15) is 0 Å². The summed E-state index contributed by atoms with van der Waals surface area (Å²) in [6.07, 6.45) is 3.35. The highest BCUT2D eigenvalue weighted by molar-refractivity contribution is 7.17. The fourth-order valence-corrected chi connectivity index (χ4v) is 4.92. The molecule has 180 valence electrons. The second-order valence-electron chi connectivity index (χ2n) is 7.41. The summed E-state index contributed by atoms with van der Waals surface area (Å²) in [6.45, 7) is 2.27. The molecule has 12 nitrogen and oxygen atoms in total. The molecule has 0 atom stereocenters. The summed E-state index contributed by atoms with van der Waals surface area (Å²) in [5, 5.41) is 25.2. The fourth-order valence-electron chi connectivity index (χ4n) is 3.63. The maximum atomic E-state index is 12.5. The molecule has 0 saturated carbocycles. The number of nitro benzene ring substituents is 2. The van der Waals surface area contributed by atoms with Crippen LogP contribution in [-0.2, 0) is 27.1 Å². The average Bonchev–Trinajstić information content (AvgIpc) is 3.15. The van der Waals surface area contributed by atoms with Crippen LogP contribution in [0.15, 0.2) is 12.1 Å². The van der Waals surface area contributed by atoms with E-state index in [1.54, 1.807) is 6.92 Å². The van der Waals surface area contributed by atoms with E-state index in [2.05, 4.69) is 5.32 Å². The topological polar surface area (TPSA) is 168 Å². The van der Waals surface area contributed by atoms with Crippen LogP contribution in [-0.4, -0.2) is 40.9 Å². The number of thiophene rings is 1. The van der Waals surface area contributed by atoms with Gasteiger partial charge in [-0.25, -0.2) is 9.59 Å². The first-order valence-electron chi connectivity index (χ1n) is 10.4. The molecule has 34 heavy (non-hydrogen) atoms. The molecule has 1 aromatic carbocycles. The van der Waals surface area contributed by atoms with E-state index in [9.17, 15) is 34.6 Å². The number of carbonyl (C=O) groups is 3. The van der Waals surface area contributed by atoms with Crippen molar-refractivity contribution in [1.29, 1.82) is 0 Å². The van der Waals surface area contributed by atoms with Gasteiger partial charge in [-0.15, -0.1) is 11.3 Å². The van der Waals surface area contributed by atoms with E-state index < -0.39 is 51.2 Å². The van der Waals surface area contributed by atoms with Gasteiger partial charge in [0.25, 0.3) is 17.3 Å². The molecule has 0 radical (unpaired) electrons. The molecule has 1 aromatic heterocycles. The molecule has 0 fully saturated rings. The smallest absolute Gasteiger partial charge is 0.341 e. The number of nitro groups is 2. The van der Waals surface area contributed by atoms with E-state index in [-0.39, 0.29) is 12.2 Å². The summed E-state index contributed by atoms with van der Waals surface area (Å²) < 4.78 is 10.0. The number of aryl methyl sites for hydroxylation is 1. The van der Waals surface area contributed by atoms with Gasteiger partial charge in [0.05, 0.1) is 27.6 Å². The van der Waals surface area contributed by atoms with Gasteiger partial charge in [0.1, 0.15) is 10.6 Å². The third-order valence-corrected chi connectivity index (χ3v) is 6.43. The minimum absolute atomic E-state index is 0.170. The van der Waals surface area contributed by atoms with Crippen molar-refractivity contribution in [2.75, 3.05) is 18.5 Å². The molecule has 3 rings (SSSR count). The molecule has 0 aliphatic heterocycles. The Balaban J connectivity index is 1.76.